The second-order valence-corrected chi connectivity index (χ2v) is 15.8. The lowest BCUT2D eigenvalue weighted by Gasteiger charge is -2.10. The summed E-state index contributed by atoms with van der Waals surface area (Å²) < 4.78 is 33.0. The van der Waals surface area contributed by atoms with Crippen molar-refractivity contribution in [2.24, 2.45) is 40.9 Å². The average molecular weight is 832 g/mol. The van der Waals surface area contributed by atoms with Crippen LogP contribution in [0.25, 0.3) is 10.8 Å². The van der Waals surface area contributed by atoms with E-state index in [-0.39, 0.29) is 16.3 Å². The highest BCUT2D eigenvalue weighted by Gasteiger charge is 2.15. The summed E-state index contributed by atoms with van der Waals surface area (Å²) in [6.45, 7) is 11.4. The van der Waals surface area contributed by atoms with Gasteiger partial charge in [-0.05, 0) is 165 Å². The van der Waals surface area contributed by atoms with Crippen LogP contribution in [0.15, 0.2) is 167 Å². The molecule has 7 aromatic rings. The van der Waals surface area contributed by atoms with Crippen molar-refractivity contribution in [2.75, 3.05) is 5.48 Å². The van der Waals surface area contributed by atoms with Crippen LogP contribution in [-0.4, -0.2) is 18.1 Å². The van der Waals surface area contributed by atoms with Gasteiger partial charge in [-0.1, -0.05) is 36.4 Å². The number of aromatic hydroxyl groups is 1. The van der Waals surface area contributed by atoms with Crippen molar-refractivity contribution in [2.45, 2.75) is 46.4 Å². The van der Waals surface area contributed by atoms with E-state index in [2.05, 4.69) is 46.4 Å². The fraction of sp³-hybridized carbons (Fsp3) is 0.130. The van der Waals surface area contributed by atoms with Crippen molar-refractivity contribution in [3.8, 4) is 11.5 Å². The van der Waals surface area contributed by atoms with Crippen LogP contribution in [0.2, 0.25) is 0 Å². The highest BCUT2D eigenvalue weighted by molar-refractivity contribution is 7.86. The molecule has 0 radical (unpaired) electrons. The number of rotatable bonds is 12. The lowest BCUT2D eigenvalue weighted by Crippen LogP contribution is -2.04. The standard InChI is InChI=1S/C46H41N9O5S/c1-27-22-41(29(3)20-39(27)49-47-37-14-10-11-15-45(37)61(57,58)59)51-53-43-24-32(6)44(25-31(43)5)54-52-42-23-28(2)40(21-30(42)4)50-48-38-19-16-33-26-34(17-18-36(33)46(38)56)55-60-35-12-8-7-9-13-35/h7-26,55-56H,1-6H3,(H,57,58,59). The largest absolute Gasteiger partial charge is 0.505 e. The number of hydrogen-bond donors (Lipinski definition) is 3. The predicted molar refractivity (Wildman–Crippen MR) is 237 cm³/mol. The average Bonchev–Trinajstić information content (AvgIpc) is 3.24. The third kappa shape index (κ3) is 9.87. The summed E-state index contributed by atoms with van der Waals surface area (Å²) in [6, 6.07) is 35.6. The number of benzene rings is 7. The van der Waals surface area contributed by atoms with E-state index in [4.69, 9.17) is 4.84 Å². The Morgan fingerprint density at radius 1 is 0.459 bits per heavy atom. The molecule has 61 heavy (non-hydrogen) atoms. The molecule has 0 bridgehead atoms. The number of phenolic OH excluding ortho intramolecular Hbond substituents is 1. The van der Waals surface area contributed by atoms with Crippen molar-refractivity contribution >= 4 is 72.1 Å². The van der Waals surface area contributed by atoms with E-state index in [1.54, 1.807) is 24.3 Å². The summed E-state index contributed by atoms with van der Waals surface area (Å²) in [5.74, 6) is 0.711. The number of nitrogens with one attached hydrogen (secondary N) is 1. The Labute approximate surface area is 352 Å². The minimum absolute atomic E-state index is 0.0275. The zero-order valence-corrected chi connectivity index (χ0v) is 35.0. The Morgan fingerprint density at radius 3 is 1.33 bits per heavy atom. The predicted octanol–water partition coefficient (Wildman–Crippen LogP) is 14.7. The van der Waals surface area contributed by atoms with E-state index in [1.165, 1.54) is 18.2 Å². The molecule has 0 saturated heterocycles. The second kappa shape index (κ2) is 17.8. The topological polar surface area (TPSA) is 195 Å². The molecule has 0 atom stereocenters. The highest BCUT2D eigenvalue weighted by Crippen LogP contribution is 2.39. The number of para-hydroxylation sites is 1. The van der Waals surface area contributed by atoms with Gasteiger partial charge < -0.3 is 9.94 Å². The van der Waals surface area contributed by atoms with Crippen LogP contribution >= 0.6 is 0 Å². The maximum atomic E-state index is 11.7. The van der Waals surface area contributed by atoms with Crippen molar-refractivity contribution in [3.05, 3.63) is 155 Å². The van der Waals surface area contributed by atoms with Gasteiger partial charge in [0.15, 0.2) is 11.5 Å². The van der Waals surface area contributed by atoms with Gasteiger partial charge in [0.2, 0.25) is 0 Å². The normalized spacial score (nSPS) is 12.1. The van der Waals surface area contributed by atoms with Gasteiger partial charge in [-0.15, -0.1) is 10.2 Å². The molecule has 306 valence electrons. The van der Waals surface area contributed by atoms with E-state index in [9.17, 15) is 18.1 Å². The molecule has 15 heteroatoms. The number of phenols is 1. The maximum absolute atomic E-state index is 11.7. The van der Waals surface area contributed by atoms with Crippen LogP contribution in [0.4, 0.5) is 51.2 Å². The van der Waals surface area contributed by atoms with E-state index in [0.717, 1.165) is 44.5 Å². The van der Waals surface area contributed by atoms with Crippen LogP contribution in [-0.2, 0) is 10.1 Å². The minimum Gasteiger partial charge on any atom is -0.505 e. The van der Waals surface area contributed by atoms with Gasteiger partial charge in [0, 0.05) is 5.39 Å². The van der Waals surface area contributed by atoms with Gasteiger partial charge in [-0.25, -0.2) is 5.48 Å². The third-order valence-corrected chi connectivity index (χ3v) is 10.6. The van der Waals surface area contributed by atoms with Crippen molar-refractivity contribution in [3.63, 3.8) is 0 Å². The smallest absolute Gasteiger partial charge is 0.296 e. The molecular weight excluding hydrogens is 791 g/mol. The molecule has 0 unspecified atom stereocenters. The zero-order valence-electron chi connectivity index (χ0n) is 34.2. The number of fused-ring (bicyclic) bond motifs is 1. The van der Waals surface area contributed by atoms with Crippen LogP contribution in [0.3, 0.4) is 0 Å². The Morgan fingerprint density at radius 2 is 0.869 bits per heavy atom. The summed E-state index contributed by atoms with van der Waals surface area (Å²) >= 11 is 0. The summed E-state index contributed by atoms with van der Waals surface area (Å²) in [7, 11) is -4.46. The molecule has 0 saturated carbocycles. The molecule has 0 aliphatic rings. The Balaban J connectivity index is 1.02. The Hall–Kier alpha value is -7.49. The lowest BCUT2D eigenvalue weighted by molar-refractivity contribution is 0.405. The van der Waals surface area contributed by atoms with Gasteiger partial charge in [0.25, 0.3) is 10.1 Å². The molecule has 3 N–H and O–H groups in total. The van der Waals surface area contributed by atoms with Crippen LogP contribution in [0, 0.1) is 41.5 Å². The van der Waals surface area contributed by atoms with Gasteiger partial charge in [-0.2, -0.15) is 39.1 Å². The molecule has 0 aliphatic carbocycles. The first-order chi connectivity index (χ1) is 29.2. The number of azo groups is 4. The molecule has 0 aromatic heterocycles. The number of anilines is 1. The fourth-order valence-corrected chi connectivity index (χ4v) is 6.87. The number of aryl methyl sites for hydroxylation is 6. The van der Waals surface area contributed by atoms with Crippen LogP contribution < -0.4 is 10.3 Å². The van der Waals surface area contributed by atoms with E-state index in [0.29, 0.717) is 50.9 Å². The van der Waals surface area contributed by atoms with Crippen LogP contribution in [0.5, 0.6) is 11.5 Å². The lowest BCUT2D eigenvalue weighted by atomic mass is 10.1. The van der Waals surface area contributed by atoms with E-state index < -0.39 is 10.1 Å². The first-order valence-corrected chi connectivity index (χ1v) is 20.5. The number of nitrogens with zero attached hydrogens (tertiary/aromatic N) is 8. The van der Waals surface area contributed by atoms with Crippen LogP contribution in [0.1, 0.15) is 33.4 Å². The zero-order chi connectivity index (χ0) is 43.3. The second-order valence-electron chi connectivity index (χ2n) is 14.4. The molecule has 7 aromatic carbocycles. The molecule has 0 aliphatic heterocycles. The minimum atomic E-state index is -4.46. The van der Waals surface area contributed by atoms with Crippen molar-refractivity contribution in [1.29, 1.82) is 0 Å². The Bertz CT molecular complexity index is 3040. The first kappa shape index (κ1) is 41.7. The molecule has 14 nitrogen and oxygen atoms in total. The maximum Gasteiger partial charge on any atom is 0.296 e. The molecule has 0 spiro atoms. The first-order valence-electron chi connectivity index (χ1n) is 19.0. The molecule has 0 heterocycles. The fourth-order valence-electron chi connectivity index (χ4n) is 6.24. The quantitative estimate of drug-likeness (QED) is 0.0622. The van der Waals surface area contributed by atoms with Gasteiger partial charge in [-0.3, -0.25) is 4.55 Å². The molecule has 0 fully saturated rings. The van der Waals surface area contributed by atoms with Gasteiger partial charge >= 0.3 is 0 Å². The summed E-state index contributed by atoms with van der Waals surface area (Å²) in [6.07, 6.45) is 0. The third-order valence-electron chi connectivity index (χ3n) is 9.75. The van der Waals surface area contributed by atoms with Gasteiger partial charge in [0.05, 0.1) is 39.8 Å². The number of hydrogen-bond acceptors (Lipinski definition) is 13. The molecular formula is C46H41N9O5S. The SMILES string of the molecule is Cc1cc(N=Nc2cc(C)c(N=Nc3ccc4cc(NOc5ccccc5)ccc4c3O)cc2C)c(C)cc1N=Nc1cc(C)c(N=Nc2ccccc2S(=O)(=O)O)cc1C. The highest BCUT2D eigenvalue weighted by atomic mass is 32.2. The van der Waals surface area contributed by atoms with E-state index in [1.807, 2.05) is 120 Å². The summed E-state index contributed by atoms with van der Waals surface area (Å²) in [4.78, 5) is 5.31. The molecule has 7 rings (SSSR count). The summed E-state index contributed by atoms with van der Waals surface area (Å²) in [5, 5.41) is 47.9. The summed E-state index contributed by atoms with van der Waals surface area (Å²) in [5.41, 5.74) is 12.8. The monoisotopic (exact) mass is 831 g/mol. The van der Waals surface area contributed by atoms with Crippen molar-refractivity contribution < 1.29 is 22.9 Å². The van der Waals surface area contributed by atoms with Crippen molar-refractivity contribution in [1.82, 2.24) is 0 Å². The Kier molecular flexibility index (Phi) is 12.1. The molecule has 0 amide bonds. The van der Waals surface area contributed by atoms with Gasteiger partial charge in [0.1, 0.15) is 16.3 Å². The van der Waals surface area contributed by atoms with E-state index >= 15 is 0 Å².